The van der Waals surface area contributed by atoms with Crippen molar-refractivity contribution in [3.63, 3.8) is 0 Å². The average molecular weight is 160 g/mol. The van der Waals surface area contributed by atoms with Crippen molar-refractivity contribution in [2.45, 2.75) is 33.0 Å². The lowest BCUT2D eigenvalue weighted by Gasteiger charge is -2.15. The average Bonchev–Trinajstić information content (AvgIpc) is 2.17. The minimum atomic E-state index is 1.09. The Bertz CT molecular complexity index is 231. The van der Waals surface area contributed by atoms with Crippen LogP contribution in [0.3, 0.4) is 0 Å². The number of allylic oxidation sites excluding steroid dienone is 5. The Morgan fingerprint density at radius 2 is 2.33 bits per heavy atom. The van der Waals surface area contributed by atoms with Gasteiger partial charge in [-0.05, 0) is 19.3 Å². The molecule has 1 aliphatic rings. The summed E-state index contributed by atoms with van der Waals surface area (Å²) in [6.45, 7) is 8.47. The normalized spacial score (nSPS) is 16.5. The highest BCUT2D eigenvalue weighted by Gasteiger charge is 2.07. The predicted octanol–water partition coefficient (Wildman–Crippen LogP) is 3.04. The molecule has 0 bridgehead atoms. The SMILES string of the molecule is C=C(BC)C1=CCC=C(CC)C1. The zero-order valence-electron chi connectivity index (χ0n) is 8.19. The van der Waals surface area contributed by atoms with Crippen LogP contribution in [0.15, 0.2) is 35.3 Å². The second kappa shape index (κ2) is 4.35. The molecule has 0 saturated heterocycles. The summed E-state index contributed by atoms with van der Waals surface area (Å²) in [7, 11) is 1.09. The molecular formula is C11H17B. The van der Waals surface area contributed by atoms with E-state index >= 15 is 0 Å². The van der Waals surface area contributed by atoms with Crippen molar-refractivity contribution in [3.05, 3.63) is 35.3 Å². The largest absolute Gasteiger partial charge is 0.154 e. The highest BCUT2D eigenvalue weighted by atomic mass is 14.1. The maximum Gasteiger partial charge on any atom is 0.154 e. The molecular weight excluding hydrogens is 143 g/mol. The molecule has 0 amide bonds. The van der Waals surface area contributed by atoms with E-state index in [0.29, 0.717) is 0 Å². The van der Waals surface area contributed by atoms with Crippen LogP contribution in [0.25, 0.3) is 0 Å². The topological polar surface area (TPSA) is 0 Å². The quantitative estimate of drug-likeness (QED) is 0.439. The zero-order chi connectivity index (χ0) is 8.97. The van der Waals surface area contributed by atoms with E-state index in [2.05, 4.69) is 32.5 Å². The lowest BCUT2D eigenvalue weighted by atomic mass is 9.68. The first-order chi connectivity index (χ1) is 5.77. The summed E-state index contributed by atoms with van der Waals surface area (Å²) >= 11 is 0. The van der Waals surface area contributed by atoms with Crippen LogP contribution in [0.2, 0.25) is 6.82 Å². The minimum absolute atomic E-state index is 1.09. The van der Waals surface area contributed by atoms with Crippen LogP contribution >= 0.6 is 0 Å². The Hall–Kier alpha value is -0.715. The van der Waals surface area contributed by atoms with Gasteiger partial charge in [0.15, 0.2) is 7.28 Å². The van der Waals surface area contributed by atoms with E-state index in [1.54, 1.807) is 5.57 Å². The van der Waals surface area contributed by atoms with Gasteiger partial charge in [-0.3, -0.25) is 0 Å². The van der Waals surface area contributed by atoms with Gasteiger partial charge in [-0.1, -0.05) is 42.5 Å². The fourth-order valence-corrected chi connectivity index (χ4v) is 1.52. The van der Waals surface area contributed by atoms with Crippen molar-refractivity contribution in [1.29, 1.82) is 0 Å². The van der Waals surface area contributed by atoms with Gasteiger partial charge in [-0.25, -0.2) is 0 Å². The van der Waals surface area contributed by atoms with Crippen LogP contribution in [0.5, 0.6) is 0 Å². The molecule has 0 spiro atoms. The molecule has 0 aromatic rings. The van der Waals surface area contributed by atoms with Crippen LogP contribution in [-0.2, 0) is 0 Å². The Morgan fingerprint density at radius 3 is 2.92 bits per heavy atom. The molecule has 64 valence electrons. The second-order valence-electron chi connectivity index (χ2n) is 3.31. The van der Waals surface area contributed by atoms with E-state index < -0.39 is 0 Å². The van der Waals surface area contributed by atoms with E-state index in [9.17, 15) is 0 Å². The molecule has 0 aromatic carbocycles. The molecule has 0 atom stereocenters. The molecule has 1 heteroatoms. The Balaban J connectivity index is 2.60. The lowest BCUT2D eigenvalue weighted by Crippen LogP contribution is -1.99. The summed E-state index contributed by atoms with van der Waals surface area (Å²) in [5, 5.41) is 0. The van der Waals surface area contributed by atoms with Gasteiger partial charge in [0.25, 0.3) is 0 Å². The van der Waals surface area contributed by atoms with Crippen molar-refractivity contribution in [3.8, 4) is 0 Å². The molecule has 0 nitrogen and oxygen atoms in total. The molecule has 0 unspecified atom stereocenters. The summed E-state index contributed by atoms with van der Waals surface area (Å²) in [6.07, 6.45) is 8.09. The first kappa shape index (κ1) is 9.37. The standard InChI is InChI=1S/C11H17B/c1-4-10-6-5-7-11(8-10)9(2)12-3/h6-7,12H,2,4-5,8H2,1,3H3. The molecule has 0 aromatic heterocycles. The molecule has 1 rings (SSSR count). The van der Waals surface area contributed by atoms with Crippen LogP contribution in [-0.4, -0.2) is 7.28 Å². The Labute approximate surface area is 76.3 Å². The van der Waals surface area contributed by atoms with E-state index in [1.807, 2.05) is 0 Å². The van der Waals surface area contributed by atoms with Gasteiger partial charge in [-0.15, -0.1) is 6.58 Å². The molecule has 0 radical (unpaired) electrons. The fraction of sp³-hybridized carbons (Fsp3) is 0.455. The maximum absolute atomic E-state index is 4.07. The molecule has 0 saturated carbocycles. The predicted molar refractivity (Wildman–Crippen MR) is 57.8 cm³/mol. The van der Waals surface area contributed by atoms with Crippen LogP contribution in [0, 0.1) is 0 Å². The summed E-state index contributed by atoms with van der Waals surface area (Å²) in [6, 6.07) is 0. The summed E-state index contributed by atoms with van der Waals surface area (Å²) in [5.41, 5.74) is 4.35. The monoisotopic (exact) mass is 160 g/mol. The molecule has 0 aliphatic heterocycles. The third kappa shape index (κ3) is 2.13. The van der Waals surface area contributed by atoms with E-state index in [1.165, 1.54) is 17.5 Å². The van der Waals surface area contributed by atoms with Crippen molar-refractivity contribution < 1.29 is 0 Å². The molecule has 0 N–H and O–H groups in total. The molecule has 12 heavy (non-hydrogen) atoms. The Kier molecular flexibility index (Phi) is 3.39. The number of hydrogen-bond donors (Lipinski definition) is 0. The summed E-state index contributed by atoms with van der Waals surface area (Å²) < 4.78 is 0. The molecule has 0 fully saturated rings. The maximum atomic E-state index is 4.07. The minimum Gasteiger partial charge on any atom is -0.105 e. The van der Waals surface area contributed by atoms with Gasteiger partial charge in [0.1, 0.15) is 0 Å². The first-order valence-corrected chi connectivity index (χ1v) is 4.83. The Morgan fingerprint density at radius 1 is 1.58 bits per heavy atom. The first-order valence-electron chi connectivity index (χ1n) is 4.83. The van der Waals surface area contributed by atoms with Crippen LogP contribution in [0.4, 0.5) is 0 Å². The van der Waals surface area contributed by atoms with Gasteiger partial charge in [0.2, 0.25) is 0 Å². The van der Waals surface area contributed by atoms with Gasteiger partial charge in [0, 0.05) is 0 Å². The second-order valence-corrected chi connectivity index (χ2v) is 3.31. The highest BCUT2D eigenvalue weighted by Crippen LogP contribution is 2.24. The van der Waals surface area contributed by atoms with Crippen LogP contribution in [0.1, 0.15) is 26.2 Å². The fourth-order valence-electron chi connectivity index (χ4n) is 1.52. The third-order valence-corrected chi connectivity index (χ3v) is 2.52. The number of rotatable bonds is 3. The van der Waals surface area contributed by atoms with Crippen molar-refractivity contribution >= 4 is 7.28 Å². The van der Waals surface area contributed by atoms with Crippen molar-refractivity contribution in [2.75, 3.05) is 0 Å². The van der Waals surface area contributed by atoms with Crippen LogP contribution < -0.4 is 0 Å². The van der Waals surface area contributed by atoms with E-state index in [0.717, 1.165) is 20.1 Å². The van der Waals surface area contributed by atoms with Crippen molar-refractivity contribution in [1.82, 2.24) is 0 Å². The zero-order valence-corrected chi connectivity index (χ0v) is 8.19. The van der Waals surface area contributed by atoms with Crippen molar-refractivity contribution in [2.24, 2.45) is 0 Å². The summed E-state index contributed by atoms with van der Waals surface area (Å²) in [4.78, 5) is 0. The van der Waals surface area contributed by atoms with Gasteiger partial charge in [0.05, 0.1) is 0 Å². The number of hydrogen-bond acceptors (Lipinski definition) is 0. The van der Waals surface area contributed by atoms with Gasteiger partial charge < -0.3 is 0 Å². The smallest absolute Gasteiger partial charge is 0.105 e. The molecule has 1 aliphatic carbocycles. The third-order valence-electron chi connectivity index (χ3n) is 2.52. The molecule has 0 heterocycles. The highest BCUT2D eigenvalue weighted by molar-refractivity contribution is 6.45. The van der Waals surface area contributed by atoms with E-state index in [-0.39, 0.29) is 0 Å². The van der Waals surface area contributed by atoms with Gasteiger partial charge in [-0.2, -0.15) is 0 Å². The van der Waals surface area contributed by atoms with E-state index in [4.69, 9.17) is 0 Å². The lowest BCUT2D eigenvalue weighted by molar-refractivity contribution is 0.960. The summed E-state index contributed by atoms with van der Waals surface area (Å²) in [5.74, 6) is 0. The van der Waals surface area contributed by atoms with Gasteiger partial charge >= 0.3 is 0 Å².